The third kappa shape index (κ3) is 3.70. The number of aromatic nitrogens is 1. The Morgan fingerprint density at radius 1 is 1.35 bits per heavy atom. The summed E-state index contributed by atoms with van der Waals surface area (Å²) in [4.78, 5) is 13.5. The van der Waals surface area contributed by atoms with Crippen molar-refractivity contribution >= 4 is 17.3 Å². The smallest absolute Gasteiger partial charge is 0.193 e. The normalized spacial score (nSPS) is 20.1. The fraction of sp³-hybridized carbons (Fsp3) is 0.778. The lowest BCUT2D eigenvalue weighted by Crippen LogP contribution is -2.42. The fourth-order valence-electron chi connectivity index (χ4n) is 3.81. The summed E-state index contributed by atoms with van der Waals surface area (Å²) < 4.78 is 0. The van der Waals surface area contributed by atoms with E-state index in [9.17, 15) is 0 Å². The van der Waals surface area contributed by atoms with E-state index in [-0.39, 0.29) is 0 Å². The van der Waals surface area contributed by atoms with E-state index in [1.807, 2.05) is 11.3 Å². The van der Waals surface area contributed by atoms with Gasteiger partial charge < -0.3 is 10.2 Å². The van der Waals surface area contributed by atoms with E-state index in [2.05, 4.69) is 31.0 Å². The highest BCUT2D eigenvalue weighted by Gasteiger charge is 2.43. The largest absolute Gasteiger partial charge is 0.357 e. The second-order valence-corrected chi connectivity index (χ2v) is 8.26. The van der Waals surface area contributed by atoms with Gasteiger partial charge in [0.2, 0.25) is 0 Å². The molecule has 0 amide bonds. The van der Waals surface area contributed by atoms with E-state index >= 15 is 0 Å². The number of nitrogens with zero attached hydrogens (tertiary/aromatic N) is 3. The Kier molecular flexibility index (Phi) is 5.24. The van der Waals surface area contributed by atoms with Gasteiger partial charge in [-0.1, -0.05) is 13.3 Å². The number of thiazole rings is 1. The van der Waals surface area contributed by atoms with Crippen molar-refractivity contribution in [3.63, 3.8) is 0 Å². The number of hydrogen-bond acceptors (Lipinski definition) is 3. The minimum atomic E-state index is 0.624. The summed E-state index contributed by atoms with van der Waals surface area (Å²) in [5.74, 6) is 1.11. The number of aryl methyl sites for hydroxylation is 2. The van der Waals surface area contributed by atoms with Crippen LogP contribution in [-0.4, -0.2) is 42.0 Å². The maximum absolute atomic E-state index is 4.88. The lowest BCUT2D eigenvalue weighted by atomic mass is 9.68. The molecule has 2 fully saturated rings. The highest BCUT2D eigenvalue weighted by molar-refractivity contribution is 7.11. The van der Waals surface area contributed by atoms with Crippen molar-refractivity contribution in [3.05, 3.63) is 15.6 Å². The number of rotatable bonds is 5. The van der Waals surface area contributed by atoms with Crippen LogP contribution in [0.4, 0.5) is 0 Å². The lowest BCUT2D eigenvalue weighted by Gasteiger charge is -2.38. The SMILES string of the molecule is CCNC(=NCCc1nc(CC)c(C)s1)N1CCC2(CCC2)C1. The van der Waals surface area contributed by atoms with Crippen molar-refractivity contribution in [2.75, 3.05) is 26.2 Å². The first kappa shape index (κ1) is 16.7. The van der Waals surface area contributed by atoms with Crippen molar-refractivity contribution in [1.82, 2.24) is 15.2 Å². The highest BCUT2D eigenvalue weighted by Crippen LogP contribution is 2.47. The van der Waals surface area contributed by atoms with Gasteiger partial charge in [-0.15, -0.1) is 11.3 Å². The molecule has 2 aliphatic rings. The molecule has 5 heteroatoms. The molecule has 1 aliphatic carbocycles. The Bertz CT molecular complexity index is 559. The maximum atomic E-state index is 4.88. The molecule has 1 saturated carbocycles. The Hall–Kier alpha value is -1.10. The summed E-state index contributed by atoms with van der Waals surface area (Å²) in [6.07, 6.45) is 7.60. The molecule has 1 spiro atoms. The van der Waals surface area contributed by atoms with E-state index in [1.165, 1.54) is 54.4 Å². The fourth-order valence-corrected chi connectivity index (χ4v) is 4.82. The van der Waals surface area contributed by atoms with E-state index in [4.69, 9.17) is 9.98 Å². The van der Waals surface area contributed by atoms with E-state index in [0.29, 0.717) is 5.41 Å². The zero-order valence-electron chi connectivity index (χ0n) is 14.8. The van der Waals surface area contributed by atoms with Crippen LogP contribution in [0.5, 0.6) is 0 Å². The summed E-state index contributed by atoms with van der Waals surface area (Å²) in [6, 6.07) is 0. The predicted molar refractivity (Wildman–Crippen MR) is 98.4 cm³/mol. The quantitative estimate of drug-likeness (QED) is 0.663. The topological polar surface area (TPSA) is 40.5 Å². The van der Waals surface area contributed by atoms with Gasteiger partial charge in [-0.25, -0.2) is 4.98 Å². The van der Waals surface area contributed by atoms with Crippen LogP contribution >= 0.6 is 11.3 Å². The predicted octanol–water partition coefficient (Wildman–Crippen LogP) is 3.40. The maximum Gasteiger partial charge on any atom is 0.193 e. The van der Waals surface area contributed by atoms with Crippen molar-refractivity contribution in [2.24, 2.45) is 10.4 Å². The van der Waals surface area contributed by atoms with Crippen LogP contribution in [0.25, 0.3) is 0 Å². The van der Waals surface area contributed by atoms with Gasteiger partial charge >= 0.3 is 0 Å². The van der Waals surface area contributed by atoms with Crippen LogP contribution in [0.15, 0.2) is 4.99 Å². The van der Waals surface area contributed by atoms with E-state index in [0.717, 1.165) is 31.9 Å². The summed E-state index contributed by atoms with van der Waals surface area (Å²) in [5.41, 5.74) is 1.88. The second-order valence-electron chi connectivity index (χ2n) is 6.97. The number of hydrogen-bond donors (Lipinski definition) is 1. The third-order valence-corrected chi connectivity index (χ3v) is 6.42. The molecule has 0 bridgehead atoms. The van der Waals surface area contributed by atoms with Gasteiger partial charge in [0.25, 0.3) is 0 Å². The van der Waals surface area contributed by atoms with Crippen LogP contribution in [0.3, 0.4) is 0 Å². The highest BCUT2D eigenvalue weighted by atomic mass is 32.1. The third-order valence-electron chi connectivity index (χ3n) is 5.35. The standard InChI is InChI=1S/C18H30N4S/c1-4-15-14(3)23-16(21-15)7-11-20-17(19-5-2)22-12-10-18(13-22)8-6-9-18/h4-13H2,1-3H3,(H,19,20). The Morgan fingerprint density at radius 2 is 2.17 bits per heavy atom. The molecule has 3 rings (SSSR count). The number of nitrogens with one attached hydrogen (secondary N) is 1. The van der Waals surface area contributed by atoms with Crippen LogP contribution in [-0.2, 0) is 12.8 Å². The number of guanidine groups is 1. The van der Waals surface area contributed by atoms with Crippen LogP contribution in [0.2, 0.25) is 0 Å². The molecule has 1 aliphatic heterocycles. The van der Waals surface area contributed by atoms with Crippen molar-refractivity contribution in [3.8, 4) is 0 Å². The van der Waals surface area contributed by atoms with Crippen molar-refractivity contribution < 1.29 is 0 Å². The average molecular weight is 335 g/mol. The van der Waals surface area contributed by atoms with Crippen LogP contribution in [0, 0.1) is 12.3 Å². The van der Waals surface area contributed by atoms with Crippen LogP contribution in [0.1, 0.15) is 55.1 Å². The summed E-state index contributed by atoms with van der Waals surface area (Å²) >= 11 is 1.83. The Morgan fingerprint density at radius 3 is 2.74 bits per heavy atom. The number of likely N-dealkylation sites (tertiary alicyclic amines) is 1. The molecule has 1 aromatic rings. The molecule has 1 aromatic heterocycles. The van der Waals surface area contributed by atoms with Gasteiger partial charge in [0.15, 0.2) is 5.96 Å². The summed E-state index contributed by atoms with van der Waals surface area (Å²) in [5, 5.41) is 4.72. The summed E-state index contributed by atoms with van der Waals surface area (Å²) in [6.45, 7) is 10.7. The molecule has 0 atom stereocenters. The molecule has 23 heavy (non-hydrogen) atoms. The van der Waals surface area contributed by atoms with E-state index in [1.54, 1.807) is 0 Å². The first-order valence-corrected chi connectivity index (χ1v) is 9.96. The monoisotopic (exact) mass is 334 g/mol. The molecule has 4 nitrogen and oxygen atoms in total. The molecule has 0 radical (unpaired) electrons. The molecule has 128 valence electrons. The first-order chi connectivity index (χ1) is 11.2. The molecule has 0 unspecified atom stereocenters. The van der Waals surface area contributed by atoms with Gasteiger partial charge in [-0.2, -0.15) is 0 Å². The summed E-state index contributed by atoms with van der Waals surface area (Å²) in [7, 11) is 0. The molecule has 1 saturated heterocycles. The molecule has 2 heterocycles. The van der Waals surface area contributed by atoms with Crippen molar-refractivity contribution in [1.29, 1.82) is 0 Å². The molecule has 1 N–H and O–H groups in total. The van der Waals surface area contributed by atoms with E-state index < -0.39 is 0 Å². The zero-order chi connectivity index (χ0) is 16.3. The van der Waals surface area contributed by atoms with Crippen LogP contribution < -0.4 is 5.32 Å². The minimum Gasteiger partial charge on any atom is -0.357 e. The molecular formula is C18H30N4S. The second kappa shape index (κ2) is 7.20. The average Bonchev–Trinajstić information content (AvgIpc) is 3.10. The van der Waals surface area contributed by atoms with Gasteiger partial charge in [-0.3, -0.25) is 4.99 Å². The van der Waals surface area contributed by atoms with Gasteiger partial charge in [0.05, 0.1) is 10.7 Å². The lowest BCUT2D eigenvalue weighted by molar-refractivity contribution is 0.151. The van der Waals surface area contributed by atoms with Crippen molar-refractivity contribution in [2.45, 2.75) is 59.3 Å². The van der Waals surface area contributed by atoms with Gasteiger partial charge in [0.1, 0.15) is 0 Å². The Labute approximate surface area is 144 Å². The minimum absolute atomic E-state index is 0.624. The molecular weight excluding hydrogens is 304 g/mol. The number of aliphatic imine (C=N–C) groups is 1. The molecule has 0 aromatic carbocycles. The first-order valence-electron chi connectivity index (χ1n) is 9.14. The van der Waals surface area contributed by atoms with Gasteiger partial charge in [0, 0.05) is 37.5 Å². The zero-order valence-corrected chi connectivity index (χ0v) is 15.6. The Balaban J connectivity index is 1.58. The van der Waals surface area contributed by atoms with Gasteiger partial charge in [-0.05, 0) is 44.9 Å².